The Bertz CT molecular complexity index is 683. The van der Waals surface area contributed by atoms with E-state index in [9.17, 15) is 26.4 Å². The zero-order valence-electron chi connectivity index (χ0n) is 12.0. The van der Waals surface area contributed by atoms with Crippen molar-refractivity contribution in [2.24, 2.45) is 5.73 Å². The molecule has 0 aromatic heterocycles. The number of anilines is 1. The Kier molecular flexibility index (Phi) is 4.73. The van der Waals surface area contributed by atoms with E-state index in [-0.39, 0.29) is 11.7 Å². The smallest absolute Gasteiger partial charge is 0.370 e. The molecule has 0 radical (unpaired) electrons. The molecule has 1 aliphatic rings. The van der Waals surface area contributed by atoms with E-state index in [1.165, 1.54) is 18.2 Å². The number of sulfone groups is 1. The fraction of sp³-hybridized carbons (Fsp3) is 0.462. The molecule has 3 N–H and O–H groups in total. The molecule has 0 bridgehead atoms. The number of carbonyl (C=O) groups excluding carboxylic acids is 1. The summed E-state index contributed by atoms with van der Waals surface area (Å²) in [5, 5.41) is 2.54. The van der Waals surface area contributed by atoms with Gasteiger partial charge in [0.15, 0.2) is 0 Å². The standard InChI is InChI=1S/C13H16F3N3O3S/c14-13(15,16)23(21,22)11-4-2-1-3-10(11)19-7-5-9(6-8-19)18-12(17)20/h1-4,9H,5-8H2,(H3,17,18,20). The number of nitrogens with zero attached hydrogens (tertiary/aromatic N) is 1. The molecule has 1 saturated heterocycles. The lowest BCUT2D eigenvalue weighted by molar-refractivity contribution is -0.0435. The van der Waals surface area contributed by atoms with E-state index in [2.05, 4.69) is 5.32 Å². The number of para-hydroxylation sites is 1. The lowest BCUT2D eigenvalue weighted by Crippen LogP contribution is -2.46. The number of halogens is 3. The molecular formula is C13H16F3N3O3S. The summed E-state index contributed by atoms with van der Waals surface area (Å²) in [5.74, 6) is 0. The van der Waals surface area contributed by atoms with Crippen LogP contribution >= 0.6 is 0 Å². The summed E-state index contributed by atoms with van der Waals surface area (Å²) in [7, 11) is -5.42. The van der Waals surface area contributed by atoms with Crippen LogP contribution in [-0.2, 0) is 9.84 Å². The topological polar surface area (TPSA) is 92.5 Å². The SMILES string of the molecule is NC(=O)NC1CCN(c2ccccc2S(=O)(=O)C(F)(F)F)CC1. The van der Waals surface area contributed by atoms with Crippen LogP contribution in [0.5, 0.6) is 0 Å². The van der Waals surface area contributed by atoms with Crippen LogP contribution in [0.1, 0.15) is 12.8 Å². The predicted molar refractivity (Wildman–Crippen MR) is 77.6 cm³/mol. The van der Waals surface area contributed by atoms with Gasteiger partial charge in [-0.25, -0.2) is 13.2 Å². The monoisotopic (exact) mass is 351 g/mol. The van der Waals surface area contributed by atoms with Crippen LogP contribution in [-0.4, -0.2) is 39.1 Å². The third kappa shape index (κ3) is 3.69. The number of amides is 2. The molecule has 0 spiro atoms. The Morgan fingerprint density at radius 1 is 1.22 bits per heavy atom. The first kappa shape index (κ1) is 17.4. The molecule has 128 valence electrons. The van der Waals surface area contributed by atoms with Crippen molar-refractivity contribution in [3.05, 3.63) is 24.3 Å². The van der Waals surface area contributed by atoms with E-state index in [4.69, 9.17) is 5.73 Å². The molecule has 6 nitrogen and oxygen atoms in total. The highest BCUT2D eigenvalue weighted by Gasteiger charge is 2.48. The molecule has 0 saturated carbocycles. The fourth-order valence-electron chi connectivity index (χ4n) is 2.54. The summed E-state index contributed by atoms with van der Waals surface area (Å²) >= 11 is 0. The van der Waals surface area contributed by atoms with Gasteiger partial charge in [-0.15, -0.1) is 0 Å². The lowest BCUT2D eigenvalue weighted by atomic mass is 10.0. The van der Waals surface area contributed by atoms with Crippen molar-refractivity contribution in [2.75, 3.05) is 18.0 Å². The number of hydrogen-bond acceptors (Lipinski definition) is 4. The first-order chi connectivity index (χ1) is 10.6. The molecule has 1 fully saturated rings. The van der Waals surface area contributed by atoms with Gasteiger partial charge in [-0.3, -0.25) is 0 Å². The molecule has 2 amide bonds. The van der Waals surface area contributed by atoms with Gasteiger partial charge in [0.05, 0.1) is 10.6 Å². The molecule has 2 rings (SSSR count). The van der Waals surface area contributed by atoms with Crippen LogP contribution in [0.15, 0.2) is 29.2 Å². The molecular weight excluding hydrogens is 335 g/mol. The highest BCUT2D eigenvalue weighted by Crippen LogP contribution is 2.36. The molecule has 0 atom stereocenters. The van der Waals surface area contributed by atoms with Gasteiger partial charge >= 0.3 is 11.5 Å². The molecule has 1 heterocycles. The Morgan fingerprint density at radius 2 is 1.78 bits per heavy atom. The first-order valence-corrected chi connectivity index (χ1v) is 8.32. The van der Waals surface area contributed by atoms with Crippen LogP contribution in [0.3, 0.4) is 0 Å². The quantitative estimate of drug-likeness (QED) is 0.865. The van der Waals surface area contributed by atoms with Crippen molar-refractivity contribution in [2.45, 2.75) is 29.3 Å². The summed E-state index contributed by atoms with van der Waals surface area (Å²) in [6.07, 6.45) is 0.923. The largest absolute Gasteiger partial charge is 0.501 e. The molecule has 1 aliphatic heterocycles. The maximum Gasteiger partial charge on any atom is 0.501 e. The summed E-state index contributed by atoms with van der Waals surface area (Å²) in [6, 6.07) is 4.20. The van der Waals surface area contributed by atoms with Crippen molar-refractivity contribution in [3.8, 4) is 0 Å². The summed E-state index contributed by atoms with van der Waals surface area (Å²) in [4.78, 5) is 11.6. The molecule has 23 heavy (non-hydrogen) atoms. The number of hydrogen-bond donors (Lipinski definition) is 2. The van der Waals surface area contributed by atoms with Gasteiger partial charge in [-0.2, -0.15) is 13.2 Å². The second kappa shape index (κ2) is 6.26. The highest BCUT2D eigenvalue weighted by atomic mass is 32.2. The zero-order chi connectivity index (χ0) is 17.3. The average Bonchev–Trinajstić information content (AvgIpc) is 2.46. The van der Waals surface area contributed by atoms with Gasteiger partial charge in [0.2, 0.25) is 0 Å². The van der Waals surface area contributed by atoms with E-state index in [0.29, 0.717) is 25.9 Å². The maximum atomic E-state index is 12.8. The Hall–Kier alpha value is -1.97. The minimum absolute atomic E-state index is 0.0161. The average molecular weight is 351 g/mol. The number of primary amides is 1. The van der Waals surface area contributed by atoms with E-state index in [1.807, 2.05) is 0 Å². The van der Waals surface area contributed by atoms with Gasteiger partial charge in [-0.1, -0.05) is 12.1 Å². The third-order valence-corrected chi connectivity index (χ3v) is 5.18. The number of rotatable bonds is 3. The van der Waals surface area contributed by atoms with Gasteiger partial charge in [0.25, 0.3) is 9.84 Å². The Morgan fingerprint density at radius 3 is 2.30 bits per heavy atom. The van der Waals surface area contributed by atoms with Crippen molar-refractivity contribution in [1.82, 2.24) is 5.32 Å². The van der Waals surface area contributed by atoms with E-state index < -0.39 is 26.3 Å². The highest BCUT2D eigenvalue weighted by molar-refractivity contribution is 7.92. The predicted octanol–water partition coefficient (Wildman–Crippen LogP) is 1.62. The number of carbonyl (C=O) groups is 1. The van der Waals surface area contributed by atoms with Crippen LogP contribution in [0.4, 0.5) is 23.7 Å². The minimum atomic E-state index is -5.42. The van der Waals surface area contributed by atoms with Crippen LogP contribution < -0.4 is 16.0 Å². The number of benzene rings is 1. The summed E-state index contributed by atoms with van der Waals surface area (Å²) in [5.41, 5.74) is -0.306. The number of nitrogens with two attached hydrogens (primary N) is 1. The number of piperidine rings is 1. The number of urea groups is 1. The molecule has 0 unspecified atom stereocenters. The fourth-order valence-corrected chi connectivity index (χ4v) is 3.52. The minimum Gasteiger partial charge on any atom is -0.370 e. The van der Waals surface area contributed by atoms with Gasteiger partial charge < -0.3 is 16.0 Å². The molecule has 1 aromatic carbocycles. The zero-order valence-corrected chi connectivity index (χ0v) is 12.8. The second-order valence-corrected chi connectivity index (χ2v) is 7.10. The second-order valence-electron chi connectivity index (χ2n) is 5.19. The van der Waals surface area contributed by atoms with E-state index in [0.717, 1.165) is 6.07 Å². The first-order valence-electron chi connectivity index (χ1n) is 6.84. The molecule has 0 aliphatic carbocycles. The van der Waals surface area contributed by atoms with Crippen LogP contribution in [0, 0.1) is 0 Å². The summed E-state index contributed by atoms with van der Waals surface area (Å²) in [6.45, 7) is 0.630. The maximum absolute atomic E-state index is 12.8. The van der Waals surface area contributed by atoms with Crippen molar-refractivity contribution < 1.29 is 26.4 Å². The lowest BCUT2D eigenvalue weighted by Gasteiger charge is -2.34. The van der Waals surface area contributed by atoms with E-state index in [1.54, 1.807) is 4.90 Å². The number of nitrogens with one attached hydrogen (secondary N) is 1. The van der Waals surface area contributed by atoms with Crippen molar-refractivity contribution in [3.63, 3.8) is 0 Å². The normalized spacial score (nSPS) is 17.1. The summed E-state index contributed by atoms with van der Waals surface area (Å²) < 4.78 is 61.8. The van der Waals surface area contributed by atoms with Crippen LogP contribution in [0.2, 0.25) is 0 Å². The Balaban J connectivity index is 2.25. The van der Waals surface area contributed by atoms with E-state index >= 15 is 0 Å². The number of alkyl halides is 3. The Labute approximate surface area is 131 Å². The van der Waals surface area contributed by atoms with Gasteiger partial charge in [-0.05, 0) is 25.0 Å². The molecule has 1 aromatic rings. The van der Waals surface area contributed by atoms with Crippen LogP contribution in [0.25, 0.3) is 0 Å². The van der Waals surface area contributed by atoms with Crippen molar-refractivity contribution >= 4 is 21.6 Å². The van der Waals surface area contributed by atoms with Gasteiger partial charge in [0.1, 0.15) is 0 Å². The van der Waals surface area contributed by atoms with Gasteiger partial charge in [0, 0.05) is 19.1 Å². The van der Waals surface area contributed by atoms with Crippen molar-refractivity contribution in [1.29, 1.82) is 0 Å². The third-order valence-electron chi connectivity index (χ3n) is 3.64. The molecule has 10 heteroatoms.